The lowest BCUT2D eigenvalue weighted by Gasteiger charge is -2.39. The van der Waals surface area contributed by atoms with Crippen molar-refractivity contribution in [2.45, 2.75) is 24.8 Å². The van der Waals surface area contributed by atoms with Crippen molar-refractivity contribution in [2.75, 3.05) is 33.8 Å². The SMILES string of the molecule is COc1ccccc1C1CN(S(=O)(=O)c2c(C)noc2C)CCN1C. The van der Waals surface area contributed by atoms with Crippen LogP contribution in [0.25, 0.3) is 0 Å². The fourth-order valence-corrected chi connectivity index (χ4v) is 5.05. The van der Waals surface area contributed by atoms with E-state index in [-0.39, 0.29) is 10.9 Å². The van der Waals surface area contributed by atoms with Gasteiger partial charge in [0.1, 0.15) is 16.3 Å². The predicted molar refractivity (Wildman–Crippen MR) is 93.1 cm³/mol. The molecule has 1 saturated heterocycles. The highest BCUT2D eigenvalue weighted by molar-refractivity contribution is 7.89. The van der Waals surface area contributed by atoms with Gasteiger partial charge in [-0.05, 0) is 27.0 Å². The molecule has 8 heteroatoms. The monoisotopic (exact) mass is 365 g/mol. The molecule has 1 aromatic heterocycles. The van der Waals surface area contributed by atoms with E-state index >= 15 is 0 Å². The second-order valence-corrected chi connectivity index (χ2v) is 8.13. The van der Waals surface area contributed by atoms with Crippen LogP contribution in [0.3, 0.4) is 0 Å². The lowest BCUT2D eigenvalue weighted by molar-refractivity contribution is 0.145. The summed E-state index contributed by atoms with van der Waals surface area (Å²) in [6.07, 6.45) is 0. The molecule has 0 amide bonds. The van der Waals surface area contributed by atoms with Crippen LogP contribution in [0.1, 0.15) is 23.1 Å². The minimum Gasteiger partial charge on any atom is -0.496 e. The fourth-order valence-electron chi connectivity index (χ4n) is 3.32. The molecule has 2 aromatic rings. The molecule has 0 bridgehead atoms. The van der Waals surface area contributed by atoms with Gasteiger partial charge < -0.3 is 9.26 Å². The van der Waals surface area contributed by atoms with Crippen LogP contribution < -0.4 is 4.74 Å². The van der Waals surface area contributed by atoms with Gasteiger partial charge in [-0.2, -0.15) is 4.31 Å². The van der Waals surface area contributed by atoms with Gasteiger partial charge in [0.2, 0.25) is 10.0 Å². The summed E-state index contributed by atoms with van der Waals surface area (Å²) in [7, 11) is -0.0323. The van der Waals surface area contributed by atoms with Gasteiger partial charge in [0.25, 0.3) is 0 Å². The number of nitrogens with zero attached hydrogens (tertiary/aromatic N) is 3. The molecule has 1 atom stereocenters. The zero-order valence-electron chi connectivity index (χ0n) is 14.9. The summed E-state index contributed by atoms with van der Waals surface area (Å²) < 4.78 is 38.2. The second kappa shape index (κ2) is 6.78. The second-order valence-electron chi connectivity index (χ2n) is 6.25. The van der Waals surface area contributed by atoms with Crippen molar-refractivity contribution in [3.05, 3.63) is 41.3 Å². The van der Waals surface area contributed by atoms with Crippen molar-refractivity contribution < 1.29 is 17.7 Å². The molecule has 25 heavy (non-hydrogen) atoms. The largest absolute Gasteiger partial charge is 0.496 e. The van der Waals surface area contributed by atoms with Crippen LogP contribution in [0.2, 0.25) is 0 Å². The van der Waals surface area contributed by atoms with Crippen LogP contribution in [0, 0.1) is 13.8 Å². The molecule has 0 aliphatic carbocycles. The third-order valence-corrected chi connectivity index (χ3v) is 6.78. The van der Waals surface area contributed by atoms with E-state index in [0.717, 1.165) is 11.3 Å². The number of sulfonamides is 1. The lowest BCUT2D eigenvalue weighted by Crippen LogP contribution is -2.49. The highest BCUT2D eigenvalue weighted by atomic mass is 32.2. The van der Waals surface area contributed by atoms with Crippen molar-refractivity contribution in [2.24, 2.45) is 0 Å². The summed E-state index contributed by atoms with van der Waals surface area (Å²) in [5.41, 5.74) is 1.37. The van der Waals surface area contributed by atoms with Gasteiger partial charge in [0.15, 0.2) is 5.76 Å². The van der Waals surface area contributed by atoms with Gasteiger partial charge >= 0.3 is 0 Å². The maximum atomic E-state index is 13.1. The summed E-state index contributed by atoms with van der Waals surface area (Å²) >= 11 is 0. The molecule has 7 nitrogen and oxygen atoms in total. The van der Waals surface area contributed by atoms with Crippen LogP contribution >= 0.6 is 0 Å². The third-order valence-electron chi connectivity index (χ3n) is 4.67. The quantitative estimate of drug-likeness (QED) is 0.825. The average Bonchev–Trinajstić information content (AvgIpc) is 2.94. The van der Waals surface area contributed by atoms with E-state index in [0.29, 0.717) is 31.1 Å². The Kier molecular flexibility index (Phi) is 4.86. The van der Waals surface area contributed by atoms with E-state index in [1.807, 2.05) is 31.3 Å². The lowest BCUT2D eigenvalue weighted by atomic mass is 10.0. The van der Waals surface area contributed by atoms with Gasteiger partial charge in [-0.15, -0.1) is 0 Å². The number of methoxy groups -OCH3 is 1. The normalized spacial score (nSPS) is 19.9. The standard InChI is InChI=1S/C17H23N3O4S/c1-12-17(13(2)24-18-12)25(21,22)20-10-9-19(3)15(11-20)14-7-5-6-8-16(14)23-4/h5-8,15H,9-11H2,1-4H3. The Morgan fingerprint density at radius 3 is 2.60 bits per heavy atom. The van der Waals surface area contributed by atoms with Crippen LogP contribution in [0.15, 0.2) is 33.7 Å². The number of ether oxygens (including phenoxy) is 1. The van der Waals surface area contributed by atoms with Crippen molar-refractivity contribution in [1.29, 1.82) is 0 Å². The highest BCUT2D eigenvalue weighted by Gasteiger charge is 2.37. The number of rotatable bonds is 4. The van der Waals surface area contributed by atoms with Crippen molar-refractivity contribution in [3.8, 4) is 5.75 Å². The summed E-state index contributed by atoms with van der Waals surface area (Å²) in [5.74, 6) is 1.08. The number of likely N-dealkylation sites (N-methyl/N-ethyl adjacent to an activating group) is 1. The molecule has 0 saturated carbocycles. The smallest absolute Gasteiger partial charge is 0.248 e. The number of hydrogen-bond acceptors (Lipinski definition) is 6. The molecule has 136 valence electrons. The van der Waals surface area contributed by atoms with Gasteiger partial charge in [-0.3, -0.25) is 4.90 Å². The molecule has 3 rings (SSSR count). The molecular formula is C17H23N3O4S. The molecular weight excluding hydrogens is 342 g/mol. The summed E-state index contributed by atoms with van der Waals surface area (Å²) in [6, 6.07) is 7.63. The Labute approximate surface area is 148 Å². The summed E-state index contributed by atoms with van der Waals surface area (Å²) in [6.45, 7) is 4.68. The molecule has 0 N–H and O–H groups in total. The average molecular weight is 365 g/mol. The maximum absolute atomic E-state index is 13.1. The van der Waals surface area contributed by atoms with E-state index in [4.69, 9.17) is 9.26 Å². The first kappa shape index (κ1) is 17.9. The molecule has 1 aromatic carbocycles. The first-order valence-corrected chi connectivity index (χ1v) is 9.56. The van der Waals surface area contributed by atoms with Crippen LogP contribution in [0.5, 0.6) is 5.75 Å². The van der Waals surface area contributed by atoms with Crippen LogP contribution in [0.4, 0.5) is 0 Å². The first-order chi connectivity index (χ1) is 11.9. The van der Waals surface area contributed by atoms with E-state index in [1.165, 1.54) is 4.31 Å². The number of benzene rings is 1. The number of piperazine rings is 1. The summed E-state index contributed by atoms with van der Waals surface area (Å²) in [5, 5.41) is 3.79. The molecule has 1 fully saturated rings. The number of para-hydroxylation sites is 1. The Morgan fingerprint density at radius 1 is 1.24 bits per heavy atom. The Morgan fingerprint density at radius 2 is 1.96 bits per heavy atom. The van der Waals surface area contributed by atoms with Gasteiger partial charge in [0, 0.05) is 25.2 Å². The minimum atomic E-state index is -3.65. The zero-order chi connectivity index (χ0) is 18.2. The maximum Gasteiger partial charge on any atom is 0.248 e. The van der Waals surface area contributed by atoms with E-state index in [2.05, 4.69) is 10.1 Å². The Balaban J connectivity index is 1.95. The van der Waals surface area contributed by atoms with E-state index in [9.17, 15) is 8.42 Å². The molecule has 1 aliphatic rings. The zero-order valence-corrected chi connectivity index (χ0v) is 15.7. The number of hydrogen-bond donors (Lipinski definition) is 0. The molecule has 2 heterocycles. The van der Waals surface area contributed by atoms with E-state index in [1.54, 1.807) is 21.0 Å². The van der Waals surface area contributed by atoms with Crippen molar-refractivity contribution in [3.63, 3.8) is 0 Å². The molecule has 0 spiro atoms. The Hall–Kier alpha value is -1.90. The predicted octanol–water partition coefficient (Wildman–Crippen LogP) is 1.98. The van der Waals surface area contributed by atoms with Crippen LogP contribution in [-0.4, -0.2) is 56.6 Å². The van der Waals surface area contributed by atoms with Crippen LogP contribution in [-0.2, 0) is 10.0 Å². The third kappa shape index (κ3) is 3.17. The highest BCUT2D eigenvalue weighted by Crippen LogP contribution is 2.33. The van der Waals surface area contributed by atoms with Gasteiger partial charge in [-0.1, -0.05) is 23.4 Å². The van der Waals surface area contributed by atoms with Gasteiger partial charge in [-0.25, -0.2) is 8.42 Å². The summed E-state index contributed by atoms with van der Waals surface area (Å²) in [4.78, 5) is 2.33. The molecule has 1 aliphatic heterocycles. The van der Waals surface area contributed by atoms with Crippen molar-refractivity contribution >= 4 is 10.0 Å². The number of aryl methyl sites for hydroxylation is 2. The number of aromatic nitrogens is 1. The Bertz CT molecular complexity index is 843. The first-order valence-electron chi connectivity index (χ1n) is 8.12. The topological polar surface area (TPSA) is 75.9 Å². The van der Waals surface area contributed by atoms with Crippen molar-refractivity contribution in [1.82, 2.24) is 14.4 Å². The fraction of sp³-hybridized carbons (Fsp3) is 0.471. The van der Waals surface area contributed by atoms with Gasteiger partial charge in [0.05, 0.1) is 13.2 Å². The minimum absolute atomic E-state index is 0.0832. The van der Waals surface area contributed by atoms with E-state index < -0.39 is 10.0 Å². The molecule has 0 radical (unpaired) electrons. The molecule has 1 unspecified atom stereocenters.